The third-order valence-electron chi connectivity index (χ3n) is 5.76. The van der Waals surface area contributed by atoms with Crippen LogP contribution < -0.4 is 9.47 Å². The third-order valence-corrected chi connectivity index (χ3v) is 5.76. The van der Waals surface area contributed by atoms with Gasteiger partial charge >= 0.3 is 5.97 Å². The molecule has 1 N–H and O–H groups in total. The van der Waals surface area contributed by atoms with Crippen molar-refractivity contribution in [2.45, 2.75) is 78.1 Å². The van der Waals surface area contributed by atoms with Crippen molar-refractivity contribution in [2.24, 2.45) is 0 Å². The summed E-state index contributed by atoms with van der Waals surface area (Å²) in [6.07, 6.45) is 12.1. The molecule has 5 heteroatoms. The van der Waals surface area contributed by atoms with Gasteiger partial charge in [-0.2, -0.15) is 0 Å². The standard InChI is InChI=1S/C29H38O5/c1-4-5-6-7-8-9-10-11-12-16-21-33-28-25(26(31)24-17-14-13-15-18-24)20-19-22(2)27(28)34-29(32)23(3)30/h13-15,17-20,30H,3-12,16,21H2,1-2H3. The maximum absolute atomic E-state index is 13.2. The van der Waals surface area contributed by atoms with Crippen molar-refractivity contribution in [1.29, 1.82) is 0 Å². The van der Waals surface area contributed by atoms with Gasteiger partial charge in [0, 0.05) is 5.56 Å². The van der Waals surface area contributed by atoms with Crippen molar-refractivity contribution in [1.82, 2.24) is 0 Å². The molecule has 2 rings (SSSR count). The van der Waals surface area contributed by atoms with Crippen LogP contribution in [0.25, 0.3) is 0 Å². The fraction of sp³-hybridized carbons (Fsp3) is 0.448. The lowest BCUT2D eigenvalue weighted by atomic mass is 10.00. The van der Waals surface area contributed by atoms with Gasteiger partial charge in [-0.3, -0.25) is 4.79 Å². The van der Waals surface area contributed by atoms with Crippen molar-refractivity contribution in [3.63, 3.8) is 0 Å². The molecule has 0 unspecified atom stereocenters. The molecule has 34 heavy (non-hydrogen) atoms. The normalized spacial score (nSPS) is 10.6. The highest BCUT2D eigenvalue weighted by molar-refractivity contribution is 6.11. The van der Waals surface area contributed by atoms with Gasteiger partial charge in [-0.1, -0.05) is 101 Å². The van der Waals surface area contributed by atoms with Crippen LogP contribution in [0, 0.1) is 6.92 Å². The zero-order chi connectivity index (χ0) is 24.8. The number of aliphatic hydroxyl groups is 1. The molecule has 0 aliphatic carbocycles. The van der Waals surface area contributed by atoms with Gasteiger partial charge < -0.3 is 14.6 Å². The molecule has 0 saturated carbocycles. The molecule has 0 radical (unpaired) electrons. The highest BCUT2D eigenvalue weighted by Gasteiger charge is 2.23. The third kappa shape index (κ3) is 8.69. The first-order valence-electron chi connectivity index (χ1n) is 12.4. The molecular weight excluding hydrogens is 428 g/mol. The number of unbranched alkanes of at least 4 members (excludes halogenated alkanes) is 9. The minimum Gasteiger partial charge on any atom is -0.502 e. The van der Waals surface area contributed by atoms with E-state index in [-0.39, 0.29) is 17.3 Å². The van der Waals surface area contributed by atoms with Crippen molar-refractivity contribution in [2.75, 3.05) is 6.61 Å². The van der Waals surface area contributed by atoms with E-state index in [2.05, 4.69) is 13.5 Å². The number of esters is 1. The Kier molecular flexibility index (Phi) is 11.9. The van der Waals surface area contributed by atoms with E-state index < -0.39 is 11.7 Å². The number of aliphatic hydroxyl groups excluding tert-OH is 1. The minimum absolute atomic E-state index is 0.133. The van der Waals surface area contributed by atoms with Gasteiger partial charge in [-0.25, -0.2) is 4.79 Å². The van der Waals surface area contributed by atoms with Crippen LogP contribution in [0.5, 0.6) is 11.5 Å². The first-order valence-corrected chi connectivity index (χ1v) is 12.4. The number of carbonyl (C=O) groups excluding carboxylic acids is 2. The number of ether oxygens (including phenoxy) is 2. The molecule has 0 spiro atoms. The van der Waals surface area contributed by atoms with E-state index in [9.17, 15) is 14.7 Å². The summed E-state index contributed by atoms with van der Waals surface area (Å²) in [4.78, 5) is 25.2. The second-order valence-electron chi connectivity index (χ2n) is 8.65. The number of hydrogen-bond donors (Lipinski definition) is 1. The highest BCUT2D eigenvalue weighted by Crippen LogP contribution is 2.37. The quantitative estimate of drug-likeness (QED) is 0.0692. The summed E-state index contributed by atoms with van der Waals surface area (Å²) in [7, 11) is 0. The van der Waals surface area contributed by atoms with E-state index in [1.165, 1.54) is 44.9 Å². The van der Waals surface area contributed by atoms with E-state index in [4.69, 9.17) is 9.47 Å². The molecule has 184 valence electrons. The monoisotopic (exact) mass is 466 g/mol. The van der Waals surface area contributed by atoms with Crippen LogP contribution in [-0.2, 0) is 4.79 Å². The Labute approximate surface area is 203 Å². The summed E-state index contributed by atoms with van der Waals surface area (Å²) in [5, 5.41) is 9.42. The molecule has 0 fully saturated rings. The summed E-state index contributed by atoms with van der Waals surface area (Å²) < 4.78 is 11.4. The smallest absolute Gasteiger partial charge is 0.378 e. The van der Waals surface area contributed by atoms with Crippen LogP contribution in [0.2, 0.25) is 0 Å². The summed E-state index contributed by atoms with van der Waals surface area (Å²) in [5.74, 6) is -1.55. The summed E-state index contributed by atoms with van der Waals surface area (Å²) in [5.41, 5.74) is 1.45. The zero-order valence-corrected chi connectivity index (χ0v) is 20.6. The Bertz CT molecular complexity index is 933. The van der Waals surface area contributed by atoms with Crippen LogP contribution in [0.15, 0.2) is 54.8 Å². The molecule has 5 nitrogen and oxygen atoms in total. The average Bonchev–Trinajstić information content (AvgIpc) is 2.84. The van der Waals surface area contributed by atoms with Gasteiger partial charge in [0.05, 0.1) is 12.2 Å². The lowest BCUT2D eigenvalue weighted by Gasteiger charge is -2.17. The van der Waals surface area contributed by atoms with E-state index in [1.807, 2.05) is 6.07 Å². The zero-order valence-electron chi connectivity index (χ0n) is 20.6. The van der Waals surface area contributed by atoms with E-state index >= 15 is 0 Å². The van der Waals surface area contributed by atoms with Crippen molar-refractivity contribution >= 4 is 11.8 Å². The predicted octanol–water partition coefficient (Wildman–Crippen LogP) is 7.50. The molecule has 0 bridgehead atoms. The molecule has 0 aromatic heterocycles. The largest absolute Gasteiger partial charge is 0.502 e. The first-order chi connectivity index (χ1) is 16.5. The Balaban J connectivity index is 2.03. The number of carbonyl (C=O) groups is 2. The van der Waals surface area contributed by atoms with Crippen LogP contribution in [0.1, 0.15) is 92.6 Å². The number of hydrogen-bond acceptors (Lipinski definition) is 5. The van der Waals surface area contributed by atoms with E-state index in [0.717, 1.165) is 19.3 Å². The molecule has 0 saturated heterocycles. The number of benzene rings is 2. The fourth-order valence-corrected chi connectivity index (χ4v) is 3.77. The Morgan fingerprint density at radius 1 is 0.824 bits per heavy atom. The van der Waals surface area contributed by atoms with Gasteiger partial charge in [0.2, 0.25) is 0 Å². The van der Waals surface area contributed by atoms with E-state index in [1.54, 1.807) is 43.3 Å². The van der Waals surface area contributed by atoms with Crippen molar-refractivity contribution < 1.29 is 24.2 Å². The number of ketones is 1. The van der Waals surface area contributed by atoms with Crippen LogP contribution in [0.3, 0.4) is 0 Å². The second kappa shape index (κ2) is 14.9. The van der Waals surface area contributed by atoms with Crippen molar-refractivity contribution in [3.05, 3.63) is 71.5 Å². The Morgan fingerprint density at radius 2 is 1.41 bits per heavy atom. The predicted molar refractivity (Wildman–Crippen MR) is 136 cm³/mol. The fourth-order valence-electron chi connectivity index (χ4n) is 3.77. The summed E-state index contributed by atoms with van der Waals surface area (Å²) >= 11 is 0. The van der Waals surface area contributed by atoms with Crippen LogP contribution >= 0.6 is 0 Å². The molecule has 0 heterocycles. The highest BCUT2D eigenvalue weighted by atomic mass is 16.6. The second-order valence-corrected chi connectivity index (χ2v) is 8.65. The van der Waals surface area contributed by atoms with Gasteiger partial charge in [0.1, 0.15) is 0 Å². The van der Waals surface area contributed by atoms with Gasteiger partial charge in [-0.05, 0) is 31.6 Å². The molecular formula is C29H38O5. The Hall–Kier alpha value is -3.08. The molecule has 0 atom stereocenters. The molecule has 2 aromatic rings. The maximum atomic E-state index is 13.2. The molecule has 0 amide bonds. The number of aryl methyl sites for hydroxylation is 1. The van der Waals surface area contributed by atoms with Crippen molar-refractivity contribution in [3.8, 4) is 11.5 Å². The van der Waals surface area contributed by atoms with Crippen LogP contribution in [0.4, 0.5) is 0 Å². The average molecular weight is 467 g/mol. The van der Waals surface area contributed by atoms with Crippen LogP contribution in [-0.4, -0.2) is 23.5 Å². The summed E-state index contributed by atoms with van der Waals surface area (Å²) in [6.45, 7) is 7.61. The SMILES string of the molecule is C=C(O)C(=O)Oc1c(C)ccc(C(=O)c2ccccc2)c1OCCCCCCCCCCCC. The lowest BCUT2D eigenvalue weighted by Crippen LogP contribution is -2.14. The molecule has 2 aromatic carbocycles. The van der Waals surface area contributed by atoms with Gasteiger partial charge in [0.15, 0.2) is 23.0 Å². The summed E-state index contributed by atoms with van der Waals surface area (Å²) in [6, 6.07) is 12.3. The minimum atomic E-state index is -0.976. The maximum Gasteiger partial charge on any atom is 0.378 e. The first kappa shape index (κ1) is 27.2. The number of rotatable bonds is 16. The molecule has 0 aliphatic rings. The lowest BCUT2D eigenvalue weighted by molar-refractivity contribution is -0.133. The van der Waals surface area contributed by atoms with Gasteiger partial charge in [-0.15, -0.1) is 0 Å². The molecule has 0 aliphatic heterocycles. The van der Waals surface area contributed by atoms with Gasteiger partial charge in [0.25, 0.3) is 0 Å². The van der Waals surface area contributed by atoms with E-state index in [0.29, 0.717) is 23.3 Å². The Morgan fingerprint density at radius 3 is 2.00 bits per heavy atom. The topological polar surface area (TPSA) is 72.8 Å².